The second kappa shape index (κ2) is 5.24. The lowest BCUT2D eigenvalue weighted by Gasteiger charge is -2.29. The molecule has 0 bridgehead atoms. The maximum Gasteiger partial charge on any atom is 0.166 e. The Morgan fingerprint density at radius 3 is 2.69 bits per heavy atom. The standard InChI is InChI=1S/C14H19NO/c1-2-11-5-3-4-6-13(11)14(16)12-7-9-15-10-8-12/h7-11,13H,2-6H2,1H3. The summed E-state index contributed by atoms with van der Waals surface area (Å²) in [5, 5.41) is 0. The number of carbonyl (C=O) groups is 1. The van der Waals surface area contributed by atoms with Crippen molar-refractivity contribution in [2.75, 3.05) is 0 Å². The SMILES string of the molecule is CCC1CCCCC1C(=O)c1ccncc1. The molecular weight excluding hydrogens is 198 g/mol. The molecule has 1 aromatic heterocycles. The quantitative estimate of drug-likeness (QED) is 0.725. The summed E-state index contributed by atoms with van der Waals surface area (Å²) in [6.07, 6.45) is 9.32. The highest BCUT2D eigenvalue weighted by molar-refractivity contribution is 5.97. The Morgan fingerprint density at radius 1 is 1.31 bits per heavy atom. The van der Waals surface area contributed by atoms with Gasteiger partial charge >= 0.3 is 0 Å². The van der Waals surface area contributed by atoms with Crippen LogP contribution in [-0.2, 0) is 0 Å². The van der Waals surface area contributed by atoms with E-state index < -0.39 is 0 Å². The predicted octanol–water partition coefficient (Wildman–Crippen LogP) is 3.48. The number of carbonyl (C=O) groups excluding carboxylic acids is 1. The maximum atomic E-state index is 12.3. The molecule has 0 aliphatic heterocycles. The van der Waals surface area contributed by atoms with Crippen molar-refractivity contribution in [3.8, 4) is 0 Å². The number of aromatic nitrogens is 1. The fourth-order valence-corrected chi connectivity index (χ4v) is 2.77. The fourth-order valence-electron chi connectivity index (χ4n) is 2.77. The summed E-state index contributed by atoms with van der Waals surface area (Å²) in [5.74, 6) is 1.17. The molecule has 1 fully saturated rings. The summed E-state index contributed by atoms with van der Waals surface area (Å²) in [6, 6.07) is 3.67. The lowest BCUT2D eigenvalue weighted by molar-refractivity contribution is 0.0820. The number of ketones is 1. The second-order valence-electron chi connectivity index (χ2n) is 4.66. The minimum Gasteiger partial charge on any atom is -0.294 e. The van der Waals surface area contributed by atoms with Gasteiger partial charge in [-0.15, -0.1) is 0 Å². The first-order valence-electron chi connectivity index (χ1n) is 6.27. The average Bonchev–Trinajstić information content (AvgIpc) is 2.39. The Labute approximate surface area is 97.1 Å². The molecule has 0 aromatic carbocycles. The van der Waals surface area contributed by atoms with Crippen LogP contribution in [0.25, 0.3) is 0 Å². The summed E-state index contributed by atoms with van der Waals surface area (Å²) >= 11 is 0. The van der Waals surface area contributed by atoms with Crippen molar-refractivity contribution in [1.82, 2.24) is 4.98 Å². The molecule has 86 valence electrons. The Hall–Kier alpha value is -1.18. The first-order valence-corrected chi connectivity index (χ1v) is 6.27. The van der Waals surface area contributed by atoms with Gasteiger partial charge in [0.25, 0.3) is 0 Å². The van der Waals surface area contributed by atoms with E-state index in [1.807, 2.05) is 12.1 Å². The molecule has 0 spiro atoms. The lowest BCUT2D eigenvalue weighted by Crippen LogP contribution is -2.26. The molecule has 0 saturated heterocycles. The summed E-state index contributed by atoms with van der Waals surface area (Å²) < 4.78 is 0. The summed E-state index contributed by atoms with van der Waals surface area (Å²) in [6.45, 7) is 2.20. The van der Waals surface area contributed by atoms with Crippen LogP contribution in [0.15, 0.2) is 24.5 Å². The molecular formula is C14H19NO. The third-order valence-electron chi connectivity index (χ3n) is 3.74. The largest absolute Gasteiger partial charge is 0.294 e. The van der Waals surface area contributed by atoms with Gasteiger partial charge in [0.1, 0.15) is 0 Å². The molecule has 0 radical (unpaired) electrons. The average molecular weight is 217 g/mol. The number of rotatable bonds is 3. The smallest absolute Gasteiger partial charge is 0.166 e. The molecule has 2 unspecified atom stereocenters. The van der Waals surface area contributed by atoms with Gasteiger partial charge in [-0.2, -0.15) is 0 Å². The molecule has 2 heteroatoms. The molecule has 1 heterocycles. The normalized spacial score (nSPS) is 25.3. The highest BCUT2D eigenvalue weighted by Gasteiger charge is 2.29. The Balaban J connectivity index is 2.14. The highest BCUT2D eigenvalue weighted by atomic mass is 16.1. The van der Waals surface area contributed by atoms with Gasteiger partial charge in [-0.05, 0) is 30.9 Å². The maximum absolute atomic E-state index is 12.3. The van der Waals surface area contributed by atoms with Gasteiger partial charge < -0.3 is 0 Å². The topological polar surface area (TPSA) is 30.0 Å². The molecule has 1 aliphatic rings. The van der Waals surface area contributed by atoms with Crippen LogP contribution in [0.4, 0.5) is 0 Å². The van der Waals surface area contributed by atoms with Crippen LogP contribution in [-0.4, -0.2) is 10.8 Å². The van der Waals surface area contributed by atoms with Gasteiger partial charge in [0.05, 0.1) is 0 Å². The van der Waals surface area contributed by atoms with E-state index in [2.05, 4.69) is 11.9 Å². The van der Waals surface area contributed by atoms with E-state index in [-0.39, 0.29) is 5.92 Å². The van der Waals surface area contributed by atoms with Crippen LogP contribution >= 0.6 is 0 Å². The zero-order valence-electron chi connectivity index (χ0n) is 9.86. The van der Waals surface area contributed by atoms with Gasteiger partial charge in [-0.1, -0.05) is 26.2 Å². The van der Waals surface area contributed by atoms with E-state index in [0.29, 0.717) is 11.7 Å². The minimum absolute atomic E-state index is 0.251. The number of pyridine rings is 1. The van der Waals surface area contributed by atoms with Crippen molar-refractivity contribution >= 4 is 5.78 Å². The van der Waals surface area contributed by atoms with Crippen molar-refractivity contribution < 1.29 is 4.79 Å². The molecule has 2 nitrogen and oxygen atoms in total. The van der Waals surface area contributed by atoms with Crippen LogP contribution in [0, 0.1) is 11.8 Å². The van der Waals surface area contributed by atoms with Gasteiger partial charge in [0, 0.05) is 23.9 Å². The van der Waals surface area contributed by atoms with Crippen LogP contribution in [0.5, 0.6) is 0 Å². The monoisotopic (exact) mass is 217 g/mol. The van der Waals surface area contributed by atoms with Gasteiger partial charge in [-0.25, -0.2) is 0 Å². The summed E-state index contributed by atoms with van der Waals surface area (Å²) in [4.78, 5) is 16.3. The summed E-state index contributed by atoms with van der Waals surface area (Å²) in [5.41, 5.74) is 0.834. The van der Waals surface area contributed by atoms with E-state index in [0.717, 1.165) is 18.4 Å². The lowest BCUT2D eigenvalue weighted by atomic mass is 9.74. The number of hydrogen-bond donors (Lipinski definition) is 0. The zero-order valence-corrected chi connectivity index (χ0v) is 9.86. The van der Waals surface area contributed by atoms with Gasteiger partial charge in [0.15, 0.2) is 5.78 Å². The van der Waals surface area contributed by atoms with E-state index in [1.165, 1.54) is 19.3 Å². The first-order chi connectivity index (χ1) is 7.83. The van der Waals surface area contributed by atoms with Crippen molar-refractivity contribution in [1.29, 1.82) is 0 Å². The van der Waals surface area contributed by atoms with E-state index in [9.17, 15) is 4.79 Å². The molecule has 16 heavy (non-hydrogen) atoms. The van der Waals surface area contributed by atoms with Crippen molar-refractivity contribution in [2.45, 2.75) is 39.0 Å². The van der Waals surface area contributed by atoms with Gasteiger partial charge in [-0.3, -0.25) is 9.78 Å². The number of nitrogens with zero attached hydrogens (tertiary/aromatic N) is 1. The molecule has 1 saturated carbocycles. The number of Topliss-reactive ketones (excluding diaryl/α,β-unsaturated/α-hetero) is 1. The van der Waals surface area contributed by atoms with E-state index in [1.54, 1.807) is 12.4 Å². The Kier molecular flexibility index (Phi) is 3.70. The minimum atomic E-state index is 0.251. The van der Waals surface area contributed by atoms with E-state index in [4.69, 9.17) is 0 Å². The predicted molar refractivity (Wildman–Crippen MR) is 64.3 cm³/mol. The molecule has 2 atom stereocenters. The van der Waals surface area contributed by atoms with E-state index >= 15 is 0 Å². The number of hydrogen-bond acceptors (Lipinski definition) is 2. The highest BCUT2D eigenvalue weighted by Crippen LogP contribution is 2.34. The third-order valence-corrected chi connectivity index (χ3v) is 3.74. The molecule has 1 aromatic rings. The van der Waals surface area contributed by atoms with Crippen molar-refractivity contribution in [3.63, 3.8) is 0 Å². The Bertz CT molecular complexity index is 347. The third kappa shape index (κ3) is 2.31. The molecule has 0 N–H and O–H groups in total. The zero-order chi connectivity index (χ0) is 11.4. The van der Waals surface area contributed by atoms with Crippen LogP contribution in [0.1, 0.15) is 49.4 Å². The van der Waals surface area contributed by atoms with Crippen molar-refractivity contribution in [3.05, 3.63) is 30.1 Å². The molecule has 0 amide bonds. The molecule has 2 rings (SSSR count). The first kappa shape index (κ1) is 11.3. The fraction of sp³-hybridized carbons (Fsp3) is 0.571. The van der Waals surface area contributed by atoms with Crippen LogP contribution < -0.4 is 0 Å². The second-order valence-corrected chi connectivity index (χ2v) is 4.66. The van der Waals surface area contributed by atoms with Crippen LogP contribution in [0.3, 0.4) is 0 Å². The Morgan fingerprint density at radius 2 is 2.00 bits per heavy atom. The van der Waals surface area contributed by atoms with Gasteiger partial charge in [0.2, 0.25) is 0 Å². The summed E-state index contributed by atoms with van der Waals surface area (Å²) in [7, 11) is 0. The molecule has 1 aliphatic carbocycles. The van der Waals surface area contributed by atoms with Crippen molar-refractivity contribution in [2.24, 2.45) is 11.8 Å². The van der Waals surface area contributed by atoms with Crippen LogP contribution in [0.2, 0.25) is 0 Å².